The number of fused-ring (bicyclic) bond motifs is 1. The van der Waals surface area contributed by atoms with E-state index < -0.39 is 76.0 Å². The van der Waals surface area contributed by atoms with Crippen LogP contribution in [0, 0.1) is 24.4 Å². The van der Waals surface area contributed by atoms with Gasteiger partial charge in [0.2, 0.25) is 5.91 Å². The maximum Gasteiger partial charge on any atom is 0.309 e. The average molecular weight is 760 g/mol. The van der Waals surface area contributed by atoms with E-state index in [0.29, 0.717) is 12.8 Å². The third kappa shape index (κ3) is 3.98. The molecule has 4 aliphatic rings. The van der Waals surface area contributed by atoms with E-state index in [9.17, 15) is 36.1 Å². The van der Waals surface area contributed by atoms with Gasteiger partial charge in [-0.1, -0.05) is 25.9 Å². The van der Waals surface area contributed by atoms with Crippen LogP contribution in [0.3, 0.4) is 0 Å². The first kappa shape index (κ1) is 25.8. The van der Waals surface area contributed by atoms with Crippen LogP contribution in [0.25, 0.3) is 0 Å². The van der Waals surface area contributed by atoms with Crippen molar-refractivity contribution in [3.8, 4) is 0 Å². The molecule has 4 rings (SSSR count). The van der Waals surface area contributed by atoms with Gasteiger partial charge in [0.25, 0.3) is 11.2 Å². The molecule has 0 aromatic rings. The molecule has 3 saturated heterocycles. The Morgan fingerprint density at radius 3 is 2.35 bits per heavy atom. The first-order chi connectivity index (χ1) is 15.3. The molecular weight excluding hydrogens is 735 g/mol. The second-order valence-electron chi connectivity index (χ2n) is 9.25. The van der Waals surface area contributed by atoms with Crippen molar-refractivity contribution < 1.29 is 50.3 Å². The Kier molecular flexibility index (Phi) is 6.61. The number of amides is 1. The van der Waals surface area contributed by atoms with Crippen LogP contribution >= 0.6 is 0 Å². The van der Waals surface area contributed by atoms with Crippen LogP contribution in [0.4, 0.5) is 8.78 Å². The van der Waals surface area contributed by atoms with Gasteiger partial charge in [0.05, 0.1) is 29.9 Å². The van der Waals surface area contributed by atoms with Gasteiger partial charge in [-0.3, -0.25) is 14.4 Å². The third-order valence-electron chi connectivity index (χ3n) is 6.93. The number of esters is 2. The third-order valence-corrected chi connectivity index (χ3v) is 7.69. The summed E-state index contributed by atoms with van der Waals surface area (Å²) in [5.41, 5.74) is 0. The summed E-state index contributed by atoms with van der Waals surface area (Å²) in [6, 6.07) is -0.943. The van der Waals surface area contributed by atoms with Gasteiger partial charge in [0.1, 0.15) is 16.2 Å². The molecule has 1 saturated carbocycles. The molecule has 4 fully saturated rings. The summed E-state index contributed by atoms with van der Waals surface area (Å²) in [6.07, 6.45) is 1.19. The predicted octanol–water partition coefficient (Wildman–Crippen LogP) is 0.954. The van der Waals surface area contributed by atoms with E-state index in [0.717, 1.165) is 19.3 Å². The number of nitrogens with zero attached hydrogens (tertiary/aromatic N) is 1. The molecule has 3 aliphatic heterocycles. The molecule has 2 bridgehead atoms. The number of hydrogen-bond acceptors (Lipinski definition) is 9. The van der Waals surface area contributed by atoms with Gasteiger partial charge < -0.3 is 23.7 Å². The second-order valence-corrected chi connectivity index (χ2v) is 10.7. The summed E-state index contributed by atoms with van der Waals surface area (Å²) in [7, 11) is -6.10. The van der Waals surface area contributed by atoms with Crippen LogP contribution in [-0.4, -0.2) is 71.4 Å². The maximum absolute atomic E-state index is 13.4. The smallest absolute Gasteiger partial charge is 0.309 e. The Labute approximate surface area is 189 Å². The Bertz CT molecular complexity index is 940. The minimum Gasteiger partial charge on any atom is -0.746 e. The Balaban J connectivity index is 0.00000324. The van der Waals surface area contributed by atoms with E-state index >= 15 is 0 Å². The molecule has 14 heteroatoms. The molecule has 1 amide bonds. The van der Waals surface area contributed by atoms with E-state index in [-0.39, 0.29) is 12.0 Å². The summed E-state index contributed by atoms with van der Waals surface area (Å²) in [5.74, 6) is -5.04. The van der Waals surface area contributed by atoms with Crippen LogP contribution in [0.1, 0.15) is 46.0 Å². The van der Waals surface area contributed by atoms with Crippen molar-refractivity contribution in [3.05, 3.63) is 6.61 Å². The fraction of sp³-hybridized carbons (Fsp3) is 0.800. The van der Waals surface area contributed by atoms with Crippen molar-refractivity contribution in [1.29, 1.82) is 0 Å². The number of likely N-dealkylation sites (tertiary alicyclic amines) is 1. The average Bonchev–Trinajstić information content (AvgIpc) is 3.34. The molecule has 3 heterocycles. The molecule has 0 aromatic carbocycles. The zero-order valence-electron chi connectivity index (χ0n) is 18.7. The van der Waals surface area contributed by atoms with Gasteiger partial charge >= 0.3 is 5.97 Å². The molecule has 6 unspecified atom stereocenters. The summed E-state index contributed by atoms with van der Waals surface area (Å²) >= 11 is 0. The largest absolute Gasteiger partial charge is 0.746 e. The minimum absolute atomic E-state index is 0. The Morgan fingerprint density at radius 2 is 1.79 bits per heavy atom. The van der Waals surface area contributed by atoms with Crippen molar-refractivity contribution in [2.75, 3.05) is 0 Å². The van der Waals surface area contributed by atoms with Gasteiger partial charge in [-0.25, -0.2) is 17.2 Å². The number of alkyl halides is 2. The van der Waals surface area contributed by atoms with Crippen LogP contribution in [0.15, 0.2) is 0 Å². The number of ether oxygens (including phenoxy) is 3. The maximum atomic E-state index is 13.4. The molecule has 1 aliphatic carbocycles. The number of hydrogen-bond donors (Lipinski definition) is 0. The monoisotopic (exact) mass is 760 g/mol. The molecule has 34 heavy (non-hydrogen) atoms. The van der Waals surface area contributed by atoms with Gasteiger partial charge in [-0.15, -0.1) is 0 Å². The van der Waals surface area contributed by atoms with Gasteiger partial charge in [-0.05, 0) is 26.7 Å². The van der Waals surface area contributed by atoms with E-state index in [1.807, 2.05) is 0 Å². The van der Waals surface area contributed by atoms with Gasteiger partial charge in [-0.2, -0.15) is 0 Å². The van der Waals surface area contributed by atoms with Gasteiger partial charge in [0.15, 0.2) is 6.10 Å². The summed E-state index contributed by atoms with van der Waals surface area (Å²) < 4.78 is 74.8. The molecule has 10 nitrogen and oxygen atoms in total. The molecular formula is C20H25F2NO9RfS-2. The fourth-order valence-corrected chi connectivity index (χ4v) is 5.66. The fourth-order valence-electron chi connectivity index (χ4n) is 5.49. The normalized spacial score (nSPS) is 33.2. The van der Waals surface area contributed by atoms with Crippen molar-refractivity contribution in [3.63, 3.8) is 0 Å². The number of rotatable bonds is 7. The van der Waals surface area contributed by atoms with Gasteiger partial charge in [0, 0.05) is 6.04 Å². The predicted molar refractivity (Wildman–Crippen MR) is 103 cm³/mol. The topological polar surface area (TPSA) is 139 Å². The minimum atomic E-state index is -6.10. The van der Waals surface area contributed by atoms with E-state index in [1.165, 1.54) is 4.90 Å². The van der Waals surface area contributed by atoms with Crippen LogP contribution in [0.2, 0.25) is 0 Å². The van der Waals surface area contributed by atoms with Crippen molar-refractivity contribution in [2.24, 2.45) is 17.8 Å². The van der Waals surface area contributed by atoms with Crippen molar-refractivity contribution >= 4 is 28.0 Å². The molecule has 0 spiro atoms. The van der Waals surface area contributed by atoms with E-state index in [2.05, 4.69) is 4.74 Å². The standard InChI is InChI=1S/C20H26F2NO9S.Rf/c1-9(2)23-13-14-11(17(23)24)12(19(26)30-8-20(21,22)33(27,28)29)15(31-14)16(13)32-18(25)10-6-4-3-5-7-10;/h8-16H,3-7H2,1-2H3,(H,27,28,29);/q-1;/p-1. The zero-order chi connectivity index (χ0) is 24.3. The first-order valence-corrected chi connectivity index (χ1v) is 12.3. The first-order valence-electron chi connectivity index (χ1n) is 10.9. The van der Waals surface area contributed by atoms with Crippen LogP contribution in [-0.2, 0) is 38.7 Å². The zero-order valence-corrected chi connectivity index (χ0v) is 25.9. The van der Waals surface area contributed by atoms with E-state index in [4.69, 9.17) is 9.47 Å². The number of carbonyl (C=O) groups is 3. The molecule has 0 N–H and O–H groups in total. The number of carbonyl (C=O) groups excluding carboxylic acids is 3. The Hall–Kier alpha value is -2.86. The number of halogens is 2. The summed E-state index contributed by atoms with van der Waals surface area (Å²) in [6.45, 7) is 2.84. The second kappa shape index (κ2) is 8.73. The molecule has 6 atom stereocenters. The molecule has 0 radical (unpaired) electrons. The van der Waals surface area contributed by atoms with E-state index in [1.54, 1.807) is 13.8 Å². The molecule has 0 aromatic heterocycles. The van der Waals surface area contributed by atoms with Crippen LogP contribution in [0.5, 0.6) is 0 Å². The Morgan fingerprint density at radius 1 is 1.18 bits per heavy atom. The summed E-state index contributed by atoms with van der Waals surface area (Å²) in [5, 5.41) is -4.94. The van der Waals surface area contributed by atoms with Crippen molar-refractivity contribution in [1.82, 2.24) is 4.90 Å². The summed E-state index contributed by atoms with van der Waals surface area (Å²) in [4.78, 5) is 40.0. The molecule has 188 valence electrons. The van der Waals surface area contributed by atoms with Crippen molar-refractivity contribution in [2.45, 2.75) is 81.6 Å². The van der Waals surface area contributed by atoms with Crippen LogP contribution < -0.4 is 0 Å². The quantitative estimate of drug-likeness (QED) is 0.211. The SMILES string of the molecule is CC(C)N1C(=O)C2C3OC(C(OC(=O)C4CCCCC4)C31)C2C(=O)O[CH-]C(F)(F)S(=O)(=O)[O-].[Rf].